The third-order valence-electron chi connectivity index (χ3n) is 1.95. The van der Waals surface area contributed by atoms with Gasteiger partial charge in [-0.15, -0.1) is 11.3 Å². The van der Waals surface area contributed by atoms with Crippen molar-refractivity contribution in [1.82, 2.24) is 4.31 Å². The summed E-state index contributed by atoms with van der Waals surface area (Å²) in [5, 5.41) is 8.50. The van der Waals surface area contributed by atoms with Gasteiger partial charge < -0.3 is 5.11 Å². The summed E-state index contributed by atoms with van der Waals surface area (Å²) in [6.45, 7) is -0.0958. The van der Waals surface area contributed by atoms with Crippen LogP contribution in [0.15, 0.2) is 14.7 Å². The molecule has 0 saturated carbocycles. The Morgan fingerprint density at radius 1 is 1.65 bits per heavy atom. The number of rotatable bonds is 5. The SMILES string of the molecule is CN(CCC(=O)O)S(=O)(=O)c1cc(Br)sc1Cl. The van der Waals surface area contributed by atoms with E-state index in [9.17, 15) is 13.2 Å². The third-order valence-corrected chi connectivity index (χ3v) is 5.94. The summed E-state index contributed by atoms with van der Waals surface area (Å²) in [4.78, 5) is 10.4. The molecule has 96 valence electrons. The molecule has 0 aromatic carbocycles. The van der Waals surface area contributed by atoms with Gasteiger partial charge >= 0.3 is 5.97 Å². The van der Waals surface area contributed by atoms with Gasteiger partial charge in [-0.3, -0.25) is 4.79 Å². The van der Waals surface area contributed by atoms with Crippen molar-refractivity contribution in [3.05, 3.63) is 14.2 Å². The molecule has 0 bridgehead atoms. The Morgan fingerprint density at radius 2 is 2.24 bits per heavy atom. The molecule has 0 unspecified atom stereocenters. The van der Waals surface area contributed by atoms with E-state index >= 15 is 0 Å². The van der Waals surface area contributed by atoms with Crippen molar-refractivity contribution >= 4 is 54.9 Å². The fourth-order valence-corrected chi connectivity index (χ4v) is 4.94. The van der Waals surface area contributed by atoms with Gasteiger partial charge in [0.25, 0.3) is 0 Å². The summed E-state index contributed by atoms with van der Waals surface area (Å²) < 4.78 is 25.8. The molecule has 0 radical (unpaired) electrons. The summed E-state index contributed by atoms with van der Waals surface area (Å²) >= 11 is 10.0. The predicted octanol–water partition coefficient (Wildman–Crippen LogP) is 2.26. The molecule has 0 saturated heterocycles. The van der Waals surface area contributed by atoms with Gasteiger partial charge in [0.05, 0.1) is 10.2 Å². The number of carboxylic acid groups (broad SMARTS) is 1. The van der Waals surface area contributed by atoms with E-state index in [1.165, 1.54) is 13.1 Å². The van der Waals surface area contributed by atoms with Gasteiger partial charge in [-0.1, -0.05) is 11.6 Å². The number of hydrogen-bond donors (Lipinski definition) is 1. The molecule has 0 atom stereocenters. The van der Waals surface area contributed by atoms with E-state index in [-0.39, 0.29) is 22.2 Å². The van der Waals surface area contributed by atoms with Crippen LogP contribution in [-0.4, -0.2) is 37.4 Å². The highest BCUT2D eigenvalue weighted by Crippen LogP contribution is 2.35. The molecule has 0 fully saturated rings. The number of halogens is 2. The Bertz CT molecular complexity index is 528. The predicted molar refractivity (Wildman–Crippen MR) is 69.1 cm³/mol. The lowest BCUT2D eigenvalue weighted by molar-refractivity contribution is -0.137. The first-order valence-electron chi connectivity index (χ1n) is 4.38. The molecule has 0 aliphatic heterocycles. The van der Waals surface area contributed by atoms with Crippen LogP contribution >= 0.6 is 38.9 Å². The first-order chi connectivity index (χ1) is 7.75. The number of carbonyl (C=O) groups is 1. The third kappa shape index (κ3) is 3.65. The largest absolute Gasteiger partial charge is 0.481 e. The molecule has 17 heavy (non-hydrogen) atoms. The Morgan fingerprint density at radius 3 is 2.65 bits per heavy atom. The second kappa shape index (κ2) is 5.66. The van der Waals surface area contributed by atoms with Crippen LogP contribution in [0.1, 0.15) is 6.42 Å². The van der Waals surface area contributed by atoms with Crippen molar-refractivity contribution in [2.45, 2.75) is 11.3 Å². The van der Waals surface area contributed by atoms with E-state index in [2.05, 4.69) is 15.9 Å². The molecule has 0 aliphatic rings. The van der Waals surface area contributed by atoms with Crippen LogP contribution in [0.25, 0.3) is 0 Å². The van der Waals surface area contributed by atoms with Crippen molar-refractivity contribution in [3.8, 4) is 0 Å². The molecule has 5 nitrogen and oxygen atoms in total. The average Bonchev–Trinajstić information content (AvgIpc) is 2.54. The van der Waals surface area contributed by atoms with Crippen LogP contribution in [0.5, 0.6) is 0 Å². The highest BCUT2D eigenvalue weighted by atomic mass is 79.9. The Balaban J connectivity index is 2.95. The fraction of sp³-hybridized carbons (Fsp3) is 0.375. The van der Waals surface area contributed by atoms with E-state index in [4.69, 9.17) is 16.7 Å². The summed E-state index contributed by atoms with van der Waals surface area (Å²) in [6.07, 6.45) is -0.251. The molecule has 0 amide bonds. The summed E-state index contributed by atoms with van der Waals surface area (Å²) in [5.41, 5.74) is 0. The number of nitrogens with zero attached hydrogens (tertiary/aromatic N) is 1. The van der Waals surface area contributed by atoms with E-state index in [1.54, 1.807) is 0 Å². The minimum Gasteiger partial charge on any atom is -0.481 e. The molecule has 1 N–H and O–H groups in total. The Kier molecular flexibility index (Phi) is 4.96. The van der Waals surface area contributed by atoms with Crippen molar-refractivity contribution in [2.24, 2.45) is 0 Å². The number of hydrogen-bond acceptors (Lipinski definition) is 4. The molecule has 1 heterocycles. The van der Waals surface area contributed by atoms with Gasteiger partial charge in [0, 0.05) is 13.6 Å². The van der Waals surface area contributed by atoms with E-state index in [1.807, 2.05) is 0 Å². The lowest BCUT2D eigenvalue weighted by Crippen LogP contribution is -2.29. The first kappa shape index (κ1) is 14.9. The van der Waals surface area contributed by atoms with E-state index < -0.39 is 16.0 Å². The number of sulfonamides is 1. The van der Waals surface area contributed by atoms with Gasteiger partial charge in [0.2, 0.25) is 10.0 Å². The summed E-state index contributed by atoms with van der Waals surface area (Å²) in [5.74, 6) is -1.05. The minimum absolute atomic E-state index is 0.0102. The van der Waals surface area contributed by atoms with Crippen molar-refractivity contribution in [2.75, 3.05) is 13.6 Å². The quantitative estimate of drug-likeness (QED) is 0.872. The zero-order valence-electron chi connectivity index (χ0n) is 8.68. The molecule has 9 heteroatoms. The molecule has 0 spiro atoms. The Labute approximate surface area is 116 Å². The van der Waals surface area contributed by atoms with Crippen LogP contribution < -0.4 is 0 Å². The maximum absolute atomic E-state index is 12.0. The second-order valence-corrected chi connectivity index (χ2v) is 8.21. The van der Waals surface area contributed by atoms with Gasteiger partial charge in [0.1, 0.15) is 9.23 Å². The average molecular weight is 363 g/mol. The van der Waals surface area contributed by atoms with Crippen molar-refractivity contribution in [3.63, 3.8) is 0 Å². The number of thiophene rings is 1. The molecular weight excluding hydrogens is 354 g/mol. The van der Waals surface area contributed by atoms with Gasteiger partial charge in [0.15, 0.2) is 0 Å². The Hall–Kier alpha value is -0.150. The summed E-state index contributed by atoms with van der Waals surface area (Å²) in [7, 11) is -2.41. The number of aliphatic carboxylic acids is 1. The maximum atomic E-state index is 12.0. The minimum atomic E-state index is -3.73. The lowest BCUT2D eigenvalue weighted by Gasteiger charge is -2.15. The zero-order chi connectivity index (χ0) is 13.2. The van der Waals surface area contributed by atoms with E-state index in [0.29, 0.717) is 3.79 Å². The molecule has 1 aromatic heterocycles. The number of carboxylic acids is 1. The topological polar surface area (TPSA) is 74.7 Å². The molecule has 1 rings (SSSR count). The summed E-state index contributed by atoms with van der Waals surface area (Å²) in [6, 6.07) is 1.40. The monoisotopic (exact) mass is 361 g/mol. The fourth-order valence-electron chi connectivity index (χ4n) is 1.04. The van der Waals surface area contributed by atoms with Gasteiger partial charge in [-0.05, 0) is 22.0 Å². The molecular formula is C8H9BrClNO4S2. The second-order valence-electron chi connectivity index (χ2n) is 3.16. The highest BCUT2D eigenvalue weighted by Gasteiger charge is 2.25. The van der Waals surface area contributed by atoms with Gasteiger partial charge in [-0.25, -0.2) is 12.7 Å². The van der Waals surface area contributed by atoms with Crippen molar-refractivity contribution < 1.29 is 18.3 Å². The van der Waals surface area contributed by atoms with Crippen LogP contribution in [0.2, 0.25) is 4.34 Å². The highest BCUT2D eigenvalue weighted by molar-refractivity contribution is 9.11. The normalized spacial score (nSPS) is 12.0. The van der Waals surface area contributed by atoms with Crippen molar-refractivity contribution in [1.29, 1.82) is 0 Å². The van der Waals surface area contributed by atoms with Crippen LogP contribution in [0.4, 0.5) is 0 Å². The van der Waals surface area contributed by atoms with Crippen LogP contribution in [0, 0.1) is 0 Å². The van der Waals surface area contributed by atoms with Gasteiger partial charge in [-0.2, -0.15) is 0 Å². The zero-order valence-corrected chi connectivity index (χ0v) is 12.7. The van der Waals surface area contributed by atoms with Crippen LogP contribution in [0.3, 0.4) is 0 Å². The standard InChI is InChI=1S/C8H9BrClNO4S2/c1-11(3-2-7(12)13)17(14,15)5-4-6(9)16-8(5)10/h4H,2-3H2,1H3,(H,12,13). The first-order valence-corrected chi connectivity index (χ1v) is 7.81. The molecule has 1 aromatic rings. The van der Waals surface area contributed by atoms with E-state index in [0.717, 1.165) is 15.6 Å². The smallest absolute Gasteiger partial charge is 0.304 e. The maximum Gasteiger partial charge on any atom is 0.304 e. The van der Waals surface area contributed by atoms with Crippen LogP contribution in [-0.2, 0) is 14.8 Å². The molecule has 0 aliphatic carbocycles. The lowest BCUT2D eigenvalue weighted by atomic mass is 10.4.